The molecule has 0 saturated heterocycles. The highest BCUT2D eigenvalue weighted by Gasteiger charge is 2.27. The van der Waals surface area contributed by atoms with Crippen LogP contribution in [0.5, 0.6) is 0 Å². The Morgan fingerprint density at radius 2 is 2.31 bits per heavy atom. The van der Waals surface area contributed by atoms with Crippen LogP contribution in [0.4, 0.5) is 0 Å². The Labute approximate surface area is 97.4 Å². The number of furan rings is 1. The topological polar surface area (TPSA) is 51.2 Å². The molecule has 1 aliphatic carbocycles. The number of hydrogen-bond donors (Lipinski definition) is 2. The molecule has 1 fully saturated rings. The van der Waals surface area contributed by atoms with Crippen molar-refractivity contribution in [2.24, 2.45) is 11.7 Å². The second-order valence-electron chi connectivity index (χ2n) is 4.87. The summed E-state index contributed by atoms with van der Waals surface area (Å²) in [6, 6.07) is 4.92. The third kappa shape index (κ3) is 2.47. The molecular formula is C13H22N2O. The van der Waals surface area contributed by atoms with Crippen LogP contribution >= 0.6 is 0 Å². The van der Waals surface area contributed by atoms with Crippen LogP contribution in [0.2, 0.25) is 0 Å². The molecule has 0 bridgehead atoms. The van der Waals surface area contributed by atoms with Gasteiger partial charge in [-0.2, -0.15) is 0 Å². The van der Waals surface area contributed by atoms with E-state index >= 15 is 0 Å². The predicted octanol–water partition coefficient (Wildman–Crippen LogP) is 2.37. The van der Waals surface area contributed by atoms with Crippen molar-refractivity contribution in [1.82, 2.24) is 5.32 Å². The molecule has 0 radical (unpaired) electrons. The van der Waals surface area contributed by atoms with Gasteiger partial charge in [0.05, 0.1) is 6.04 Å². The molecule has 3 unspecified atom stereocenters. The van der Waals surface area contributed by atoms with Crippen molar-refractivity contribution in [2.75, 3.05) is 6.54 Å². The van der Waals surface area contributed by atoms with Gasteiger partial charge in [0.2, 0.25) is 0 Å². The second kappa shape index (κ2) is 5.02. The summed E-state index contributed by atoms with van der Waals surface area (Å²) in [6.07, 6.45) is 3.80. The van der Waals surface area contributed by atoms with Gasteiger partial charge < -0.3 is 15.5 Å². The zero-order valence-electron chi connectivity index (χ0n) is 10.2. The van der Waals surface area contributed by atoms with Gasteiger partial charge in [-0.3, -0.25) is 0 Å². The fourth-order valence-corrected chi connectivity index (χ4v) is 2.63. The molecule has 3 nitrogen and oxygen atoms in total. The van der Waals surface area contributed by atoms with Crippen LogP contribution in [0, 0.1) is 12.8 Å². The van der Waals surface area contributed by atoms with E-state index in [9.17, 15) is 0 Å². The third-order valence-corrected chi connectivity index (χ3v) is 3.61. The van der Waals surface area contributed by atoms with E-state index in [1.54, 1.807) is 0 Å². The van der Waals surface area contributed by atoms with Crippen LogP contribution in [-0.4, -0.2) is 12.6 Å². The summed E-state index contributed by atoms with van der Waals surface area (Å²) >= 11 is 0. The van der Waals surface area contributed by atoms with E-state index in [1.165, 1.54) is 19.3 Å². The van der Waals surface area contributed by atoms with Crippen molar-refractivity contribution >= 4 is 0 Å². The number of nitrogens with one attached hydrogen (secondary N) is 1. The summed E-state index contributed by atoms with van der Waals surface area (Å²) in [5.74, 6) is 2.64. The maximum Gasteiger partial charge on any atom is 0.120 e. The Balaban J connectivity index is 1.94. The zero-order valence-corrected chi connectivity index (χ0v) is 10.2. The molecule has 3 atom stereocenters. The van der Waals surface area contributed by atoms with Gasteiger partial charge in [0.25, 0.3) is 0 Å². The van der Waals surface area contributed by atoms with Gasteiger partial charge in [0.1, 0.15) is 11.5 Å². The van der Waals surface area contributed by atoms with Crippen molar-refractivity contribution in [3.05, 3.63) is 23.7 Å². The molecule has 0 aliphatic heterocycles. The lowest BCUT2D eigenvalue weighted by atomic mass is 10.0. The summed E-state index contributed by atoms with van der Waals surface area (Å²) in [6.45, 7) is 4.93. The standard InChI is InChI=1S/C13H22N2O/c1-9-6-7-13(16-9)10(2)15-12-5-3-4-11(12)8-14/h6-7,10-12,15H,3-5,8,14H2,1-2H3. The molecule has 90 valence electrons. The van der Waals surface area contributed by atoms with Crippen molar-refractivity contribution in [3.63, 3.8) is 0 Å². The SMILES string of the molecule is Cc1ccc(C(C)NC2CCCC2CN)o1. The minimum atomic E-state index is 0.283. The van der Waals surface area contributed by atoms with Gasteiger partial charge in [-0.25, -0.2) is 0 Å². The lowest BCUT2D eigenvalue weighted by Gasteiger charge is -2.23. The largest absolute Gasteiger partial charge is 0.465 e. The maximum absolute atomic E-state index is 5.78. The first kappa shape index (κ1) is 11.7. The zero-order chi connectivity index (χ0) is 11.5. The first-order valence-corrected chi connectivity index (χ1v) is 6.23. The molecule has 0 aromatic carbocycles. The molecule has 1 saturated carbocycles. The highest BCUT2D eigenvalue weighted by atomic mass is 16.3. The first-order chi connectivity index (χ1) is 7.70. The van der Waals surface area contributed by atoms with E-state index in [4.69, 9.17) is 10.2 Å². The summed E-state index contributed by atoms with van der Waals surface area (Å²) in [7, 11) is 0. The van der Waals surface area contributed by atoms with Gasteiger partial charge in [-0.05, 0) is 51.3 Å². The summed E-state index contributed by atoms with van der Waals surface area (Å²) in [5.41, 5.74) is 5.78. The Morgan fingerprint density at radius 3 is 2.94 bits per heavy atom. The first-order valence-electron chi connectivity index (χ1n) is 6.23. The van der Waals surface area contributed by atoms with E-state index in [0.717, 1.165) is 18.1 Å². The quantitative estimate of drug-likeness (QED) is 0.822. The fraction of sp³-hybridized carbons (Fsp3) is 0.692. The normalized spacial score (nSPS) is 27.2. The molecule has 3 N–H and O–H groups in total. The summed E-state index contributed by atoms with van der Waals surface area (Å²) in [5, 5.41) is 3.64. The Morgan fingerprint density at radius 1 is 1.50 bits per heavy atom. The van der Waals surface area contributed by atoms with E-state index in [0.29, 0.717) is 12.0 Å². The van der Waals surface area contributed by atoms with Crippen LogP contribution in [-0.2, 0) is 0 Å². The van der Waals surface area contributed by atoms with E-state index < -0.39 is 0 Å². The molecule has 1 heterocycles. The molecule has 1 aromatic rings. The van der Waals surface area contributed by atoms with Gasteiger partial charge in [0.15, 0.2) is 0 Å². The van der Waals surface area contributed by atoms with Gasteiger partial charge in [-0.15, -0.1) is 0 Å². The van der Waals surface area contributed by atoms with E-state index in [1.807, 2.05) is 13.0 Å². The number of hydrogen-bond acceptors (Lipinski definition) is 3. The van der Waals surface area contributed by atoms with Crippen LogP contribution < -0.4 is 11.1 Å². The van der Waals surface area contributed by atoms with Crippen LogP contribution in [0.15, 0.2) is 16.5 Å². The lowest BCUT2D eigenvalue weighted by Crippen LogP contribution is -2.37. The maximum atomic E-state index is 5.78. The number of rotatable bonds is 4. The highest BCUT2D eigenvalue weighted by Crippen LogP contribution is 2.27. The Bertz CT molecular complexity index is 334. The molecule has 1 aromatic heterocycles. The summed E-state index contributed by atoms with van der Waals surface area (Å²) < 4.78 is 5.63. The van der Waals surface area contributed by atoms with Crippen LogP contribution in [0.3, 0.4) is 0 Å². The van der Waals surface area contributed by atoms with Crippen molar-refractivity contribution in [3.8, 4) is 0 Å². The lowest BCUT2D eigenvalue weighted by molar-refractivity contribution is 0.338. The van der Waals surface area contributed by atoms with Gasteiger partial charge >= 0.3 is 0 Å². The van der Waals surface area contributed by atoms with Gasteiger partial charge in [-0.1, -0.05) is 6.42 Å². The smallest absolute Gasteiger partial charge is 0.120 e. The Hall–Kier alpha value is -0.800. The third-order valence-electron chi connectivity index (χ3n) is 3.61. The highest BCUT2D eigenvalue weighted by molar-refractivity contribution is 5.09. The predicted molar refractivity (Wildman–Crippen MR) is 65.2 cm³/mol. The number of aryl methyl sites for hydroxylation is 1. The molecule has 3 heteroatoms. The van der Waals surface area contributed by atoms with Crippen molar-refractivity contribution < 1.29 is 4.42 Å². The number of nitrogens with two attached hydrogens (primary N) is 1. The van der Waals surface area contributed by atoms with E-state index in [2.05, 4.69) is 18.3 Å². The summed E-state index contributed by atoms with van der Waals surface area (Å²) in [4.78, 5) is 0. The Kier molecular flexibility index (Phi) is 3.66. The van der Waals surface area contributed by atoms with Gasteiger partial charge in [0, 0.05) is 6.04 Å². The molecule has 0 spiro atoms. The minimum Gasteiger partial charge on any atom is -0.465 e. The molecule has 2 rings (SSSR count). The van der Waals surface area contributed by atoms with Crippen molar-refractivity contribution in [2.45, 2.75) is 45.2 Å². The molecule has 1 aliphatic rings. The van der Waals surface area contributed by atoms with Crippen LogP contribution in [0.1, 0.15) is 43.7 Å². The van der Waals surface area contributed by atoms with Crippen LogP contribution in [0.25, 0.3) is 0 Å². The van der Waals surface area contributed by atoms with E-state index in [-0.39, 0.29) is 6.04 Å². The second-order valence-corrected chi connectivity index (χ2v) is 4.87. The average Bonchev–Trinajstić information content (AvgIpc) is 2.86. The van der Waals surface area contributed by atoms with Crippen molar-refractivity contribution in [1.29, 1.82) is 0 Å². The average molecular weight is 222 g/mol. The monoisotopic (exact) mass is 222 g/mol. The minimum absolute atomic E-state index is 0.283. The fourth-order valence-electron chi connectivity index (χ4n) is 2.63. The molecular weight excluding hydrogens is 200 g/mol. The molecule has 0 amide bonds. The molecule has 16 heavy (non-hydrogen) atoms.